The number of benzene rings is 2. The number of nitrogens with zero attached hydrogens (tertiary/aromatic N) is 5. The van der Waals surface area contributed by atoms with Crippen LogP contribution in [-0.4, -0.2) is 24.3 Å². The Morgan fingerprint density at radius 3 is 2.00 bits per heavy atom. The molecule has 4 heterocycles. The summed E-state index contributed by atoms with van der Waals surface area (Å²) in [6.45, 7) is 12.9. The van der Waals surface area contributed by atoms with Crippen molar-refractivity contribution in [1.29, 1.82) is 0 Å². The molecule has 0 aliphatic carbocycles. The predicted octanol–water partition coefficient (Wildman–Crippen LogP) is 7.55. The van der Waals surface area contributed by atoms with Crippen molar-refractivity contribution in [3.8, 4) is 22.4 Å². The Morgan fingerprint density at radius 2 is 1.39 bits per heavy atom. The van der Waals surface area contributed by atoms with Gasteiger partial charge in [-0.2, -0.15) is 0 Å². The second-order valence-electron chi connectivity index (χ2n) is 11.7. The fourth-order valence-electron chi connectivity index (χ4n) is 4.77. The van der Waals surface area contributed by atoms with Gasteiger partial charge in [0.1, 0.15) is 0 Å². The second-order valence-corrected chi connectivity index (χ2v) is 11.7. The van der Waals surface area contributed by atoms with E-state index in [9.17, 15) is 0 Å². The number of hydrogen-bond acceptors (Lipinski definition) is 4. The summed E-state index contributed by atoms with van der Waals surface area (Å²) in [5, 5.41) is 0.806. The standard InChI is InChI=1S/C32H30N5.Ir/c1-31(2,3)25-17-23-24(19-33-25)37-28(21-15-11-8-12-16-21)26(20-13-9-7-10-14-20)27-22(29(37)35-23)18-34-30(36-27)32(4,5)6;/h7-17,19H,1-6H3;/q-1;. The number of aromatic nitrogens is 5. The maximum Gasteiger partial charge on any atom is 0.0822 e. The third kappa shape index (κ3) is 4.32. The Bertz CT molecular complexity index is 1780. The Labute approximate surface area is 236 Å². The monoisotopic (exact) mass is 677 g/mol. The molecule has 193 valence electrons. The van der Waals surface area contributed by atoms with E-state index < -0.39 is 0 Å². The topological polar surface area (TPSA) is 56.0 Å². The molecule has 0 atom stereocenters. The molecule has 0 amide bonds. The molecule has 0 saturated carbocycles. The molecule has 0 unspecified atom stereocenters. The van der Waals surface area contributed by atoms with Crippen LogP contribution < -0.4 is 0 Å². The minimum absolute atomic E-state index is 0. The molecule has 0 aliphatic rings. The maximum atomic E-state index is 5.17. The molecule has 6 rings (SSSR count). The summed E-state index contributed by atoms with van der Waals surface area (Å²) in [5.74, 6) is 0.758. The van der Waals surface area contributed by atoms with Gasteiger partial charge in [0.15, 0.2) is 0 Å². The largest absolute Gasteiger partial charge is 0.338 e. The Morgan fingerprint density at radius 1 is 0.763 bits per heavy atom. The van der Waals surface area contributed by atoms with Gasteiger partial charge in [-0.15, -0.1) is 0 Å². The first-order valence-corrected chi connectivity index (χ1v) is 12.7. The predicted molar refractivity (Wildman–Crippen MR) is 151 cm³/mol. The molecule has 5 nitrogen and oxygen atoms in total. The molecular weight excluding hydrogens is 647 g/mol. The van der Waals surface area contributed by atoms with E-state index in [1.54, 1.807) is 0 Å². The van der Waals surface area contributed by atoms with E-state index in [1.165, 1.54) is 0 Å². The van der Waals surface area contributed by atoms with Crippen molar-refractivity contribution >= 4 is 27.6 Å². The minimum atomic E-state index is -0.219. The third-order valence-corrected chi connectivity index (χ3v) is 6.74. The van der Waals surface area contributed by atoms with Crippen LogP contribution in [0.15, 0.2) is 72.9 Å². The van der Waals surface area contributed by atoms with Crippen LogP contribution in [-0.2, 0) is 30.9 Å². The summed E-state index contributed by atoms with van der Waals surface area (Å²) in [5.41, 5.74) is 8.45. The zero-order valence-electron chi connectivity index (χ0n) is 22.5. The first kappa shape index (κ1) is 26.1. The molecule has 0 saturated heterocycles. The van der Waals surface area contributed by atoms with E-state index >= 15 is 0 Å². The number of rotatable bonds is 2. The number of imidazole rings is 1. The second kappa shape index (κ2) is 9.37. The molecule has 6 aromatic rings. The van der Waals surface area contributed by atoms with Crippen LogP contribution in [0.2, 0.25) is 0 Å². The van der Waals surface area contributed by atoms with E-state index in [2.05, 4.69) is 112 Å². The molecule has 0 fully saturated rings. The summed E-state index contributed by atoms with van der Waals surface area (Å²) < 4.78 is 2.21. The average molecular weight is 677 g/mol. The van der Waals surface area contributed by atoms with Crippen LogP contribution in [0.25, 0.3) is 50.0 Å². The summed E-state index contributed by atoms with van der Waals surface area (Å²) >= 11 is 0. The van der Waals surface area contributed by atoms with E-state index in [0.717, 1.165) is 61.5 Å². The zero-order chi connectivity index (χ0) is 25.9. The normalized spacial score (nSPS) is 12.3. The van der Waals surface area contributed by atoms with Gasteiger partial charge in [0.2, 0.25) is 0 Å². The fourth-order valence-corrected chi connectivity index (χ4v) is 4.77. The molecular formula is C32H30IrN5-. The van der Waals surface area contributed by atoms with Crippen molar-refractivity contribution in [1.82, 2.24) is 24.3 Å². The average Bonchev–Trinajstić information content (AvgIpc) is 3.26. The van der Waals surface area contributed by atoms with Gasteiger partial charge in [0, 0.05) is 42.7 Å². The quantitative estimate of drug-likeness (QED) is 0.178. The van der Waals surface area contributed by atoms with Crippen LogP contribution in [0.3, 0.4) is 0 Å². The van der Waals surface area contributed by atoms with Gasteiger partial charge < -0.3 is 14.4 Å². The summed E-state index contributed by atoms with van der Waals surface area (Å²) in [7, 11) is 0. The Kier molecular flexibility index (Phi) is 6.45. The molecule has 6 heteroatoms. The van der Waals surface area contributed by atoms with Gasteiger partial charge >= 0.3 is 0 Å². The molecule has 0 spiro atoms. The maximum absolute atomic E-state index is 5.17. The molecule has 2 aromatic carbocycles. The summed E-state index contributed by atoms with van der Waals surface area (Å²) in [6.07, 6.45) is 5.30. The number of hydrogen-bond donors (Lipinski definition) is 0. The Hall–Kier alpha value is -3.47. The van der Waals surface area contributed by atoms with Crippen LogP contribution in [0, 0.1) is 6.20 Å². The van der Waals surface area contributed by atoms with Crippen LogP contribution in [0.1, 0.15) is 53.1 Å². The van der Waals surface area contributed by atoms with E-state index in [-0.39, 0.29) is 30.9 Å². The Balaban J connectivity index is 0.00000294. The van der Waals surface area contributed by atoms with Crippen molar-refractivity contribution in [3.63, 3.8) is 0 Å². The third-order valence-electron chi connectivity index (χ3n) is 6.74. The van der Waals surface area contributed by atoms with Gasteiger partial charge in [0.05, 0.1) is 22.9 Å². The molecule has 1 radical (unpaired) electrons. The van der Waals surface area contributed by atoms with Gasteiger partial charge in [-0.05, 0) is 39.9 Å². The first-order valence-electron chi connectivity index (χ1n) is 12.7. The molecule has 0 aliphatic heterocycles. The first-order chi connectivity index (χ1) is 17.6. The van der Waals surface area contributed by atoms with Gasteiger partial charge in [-0.25, -0.2) is 0 Å². The molecule has 0 bridgehead atoms. The SMILES string of the molecule is CC(C)(C)c1cc2nc3c4[c-]nc(C(C)(C)C)nc4c(-c4ccccc4)c(-c4ccccc4)n3c2cn1.[Ir]. The fraction of sp³-hybridized carbons (Fsp3) is 0.250. The van der Waals surface area contributed by atoms with Crippen molar-refractivity contribution in [2.45, 2.75) is 52.4 Å². The van der Waals surface area contributed by atoms with Gasteiger partial charge in [-0.1, -0.05) is 108 Å². The van der Waals surface area contributed by atoms with Gasteiger partial charge in [0.25, 0.3) is 0 Å². The van der Waals surface area contributed by atoms with Crippen LogP contribution >= 0.6 is 0 Å². The van der Waals surface area contributed by atoms with E-state index in [4.69, 9.17) is 15.0 Å². The van der Waals surface area contributed by atoms with Crippen molar-refractivity contribution < 1.29 is 20.1 Å². The van der Waals surface area contributed by atoms with Crippen molar-refractivity contribution in [3.05, 3.63) is 90.6 Å². The smallest absolute Gasteiger partial charge is 0.0822 e. The van der Waals surface area contributed by atoms with Crippen molar-refractivity contribution in [2.75, 3.05) is 0 Å². The molecule has 38 heavy (non-hydrogen) atoms. The molecule has 4 aromatic heterocycles. The van der Waals surface area contributed by atoms with E-state index in [1.807, 2.05) is 18.3 Å². The number of pyridine rings is 2. The van der Waals surface area contributed by atoms with Crippen LogP contribution in [0.5, 0.6) is 0 Å². The van der Waals surface area contributed by atoms with Crippen LogP contribution in [0.4, 0.5) is 0 Å². The number of fused-ring (bicyclic) bond motifs is 5. The zero-order valence-corrected chi connectivity index (χ0v) is 24.9. The summed E-state index contributed by atoms with van der Waals surface area (Å²) in [6, 6.07) is 23.0. The minimum Gasteiger partial charge on any atom is -0.338 e. The van der Waals surface area contributed by atoms with Gasteiger partial charge in [-0.3, -0.25) is 9.97 Å². The van der Waals surface area contributed by atoms with E-state index in [0.29, 0.717) is 0 Å². The molecule has 0 N–H and O–H groups in total. The summed E-state index contributed by atoms with van der Waals surface area (Å²) in [4.78, 5) is 19.9. The van der Waals surface area contributed by atoms with Crippen molar-refractivity contribution in [2.24, 2.45) is 0 Å².